The summed E-state index contributed by atoms with van der Waals surface area (Å²) in [6.07, 6.45) is 0. The van der Waals surface area contributed by atoms with E-state index in [1.54, 1.807) is 14.2 Å². The molecule has 0 radical (unpaired) electrons. The van der Waals surface area contributed by atoms with Gasteiger partial charge in [-0.1, -0.05) is 76.9 Å². The summed E-state index contributed by atoms with van der Waals surface area (Å²) in [5, 5.41) is 0.538. The van der Waals surface area contributed by atoms with E-state index in [1.165, 1.54) is 11.1 Å². The lowest BCUT2D eigenvalue weighted by molar-refractivity contribution is 0.414. The van der Waals surface area contributed by atoms with Crippen LogP contribution < -0.4 is 9.47 Å². The van der Waals surface area contributed by atoms with Gasteiger partial charge in [0.25, 0.3) is 0 Å². The van der Waals surface area contributed by atoms with E-state index in [4.69, 9.17) is 9.47 Å². The van der Waals surface area contributed by atoms with Crippen molar-refractivity contribution in [2.75, 3.05) is 14.2 Å². The molecule has 27 heavy (non-hydrogen) atoms. The number of ether oxygens (including phenoxy) is 2. The molecule has 0 fully saturated rings. The molecule has 0 aliphatic rings. The topological polar surface area (TPSA) is 18.5 Å². The first-order valence-electron chi connectivity index (χ1n) is 9.78. The van der Waals surface area contributed by atoms with E-state index in [2.05, 4.69) is 90.1 Å². The normalized spacial score (nSPS) is 12.7. The molecular formula is C24H36O2Si. The summed E-state index contributed by atoms with van der Waals surface area (Å²) in [7, 11) is 1.63. The van der Waals surface area contributed by atoms with Crippen LogP contribution in [0.1, 0.15) is 52.7 Å². The molecule has 0 bridgehead atoms. The lowest BCUT2D eigenvalue weighted by Crippen LogP contribution is -2.56. The molecule has 0 atom stereocenters. The average Bonchev–Trinajstić information content (AvgIpc) is 2.60. The van der Waals surface area contributed by atoms with Crippen molar-refractivity contribution in [2.24, 2.45) is 0 Å². The Morgan fingerprint density at radius 3 is 1.11 bits per heavy atom. The molecule has 0 aromatic heterocycles. The van der Waals surface area contributed by atoms with Crippen LogP contribution in [0.4, 0.5) is 0 Å². The third-order valence-electron chi connectivity index (χ3n) is 6.20. The van der Waals surface area contributed by atoms with E-state index in [9.17, 15) is 0 Å². The third-order valence-corrected chi connectivity index (χ3v) is 14.0. The fourth-order valence-electron chi connectivity index (χ4n) is 4.43. The van der Waals surface area contributed by atoms with Gasteiger partial charge in [-0.3, -0.25) is 0 Å². The summed E-state index contributed by atoms with van der Waals surface area (Å²) < 4.78 is 10.7. The van der Waals surface area contributed by atoms with Gasteiger partial charge in [0.15, 0.2) is 0 Å². The number of benzene rings is 2. The number of hydrogen-bond acceptors (Lipinski definition) is 2. The number of rotatable bonds is 6. The fourth-order valence-corrected chi connectivity index (χ4v) is 10.8. The molecule has 0 saturated heterocycles. The van der Waals surface area contributed by atoms with Crippen molar-refractivity contribution in [3.8, 4) is 11.5 Å². The zero-order valence-electron chi connectivity index (χ0n) is 18.3. The lowest BCUT2D eigenvalue weighted by atomic mass is 10.2. The third kappa shape index (κ3) is 4.76. The summed E-state index contributed by atoms with van der Waals surface area (Å²) in [5.41, 5.74) is 2.83. The van der Waals surface area contributed by atoms with Crippen LogP contribution in [-0.4, -0.2) is 22.3 Å². The van der Waals surface area contributed by atoms with E-state index in [-0.39, 0.29) is 10.1 Å². The van der Waals surface area contributed by atoms with Gasteiger partial charge < -0.3 is 9.47 Å². The Hall–Kier alpha value is -1.74. The molecule has 2 nitrogen and oxygen atoms in total. The maximum absolute atomic E-state index is 5.35. The number of methoxy groups -OCH3 is 2. The summed E-state index contributed by atoms with van der Waals surface area (Å²) in [4.78, 5) is 0. The first kappa shape index (κ1) is 21.6. The van der Waals surface area contributed by atoms with Crippen molar-refractivity contribution in [3.63, 3.8) is 0 Å². The van der Waals surface area contributed by atoms with Crippen molar-refractivity contribution < 1.29 is 9.47 Å². The molecule has 0 heterocycles. The standard InChI is InChI=1S/C24H36O2Si/c1-23(2,3)27(24(4,5)6,17-19-9-13-21(25-7)14-10-19)18-20-11-15-22(26-8)16-12-20/h9-16H,17-18H2,1-8H3. The molecule has 0 unspecified atom stereocenters. The van der Waals surface area contributed by atoms with E-state index < -0.39 is 8.07 Å². The Balaban J connectivity index is 2.48. The molecule has 2 aromatic rings. The van der Waals surface area contributed by atoms with Crippen molar-refractivity contribution in [1.82, 2.24) is 0 Å². The zero-order valence-corrected chi connectivity index (χ0v) is 19.3. The predicted molar refractivity (Wildman–Crippen MR) is 119 cm³/mol. The summed E-state index contributed by atoms with van der Waals surface area (Å²) in [6, 6.07) is 19.7. The van der Waals surface area contributed by atoms with Crippen molar-refractivity contribution in [1.29, 1.82) is 0 Å². The second-order valence-electron chi connectivity index (χ2n) is 9.63. The maximum atomic E-state index is 5.35. The van der Waals surface area contributed by atoms with Gasteiger partial charge in [0, 0.05) is 0 Å². The Labute approximate surface area is 166 Å². The molecule has 0 aliphatic carbocycles. The van der Waals surface area contributed by atoms with E-state index in [1.807, 2.05) is 0 Å². The van der Waals surface area contributed by atoms with Crippen LogP contribution in [-0.2, 0) is 12.1 Å². The molecule has 0 amide bonds. The van der Waals surface area contributed by atoms with E-state index >= 15 is 0 Å². The Kier molecular flexibility index (Phi) is 6.46. The second kappa shape index (κ2) is 8.10. The first-order chi connectivity index (χ1) is 12.5. The summed E-state index contributed by atoms with van der Waals surface area (Å²) >= 11 is 0. The molecule has 0 aliphatic heterocycles. The van der Waals surface area contributed by atoms with Crippen molar-refractivity contribution in [3.05, 3.63) is 59.7 Å². The molecule has 0 N–H and O–H groups in total. The van der Waals surface area contributed by atoms with Crippen molar-refractivity contribution in [2.45, 2.75) is 63.7 Å². The highest BCUT2D eigenvalue weighted by atomic mass is 28.3. The molecule has 3 heteroatoms. The minimum Gasteiger partial charge on any atom is -0.497 e. The van der Waals surface area contributed by atoms with Crippen LogP contribution in [0.25, 0.3) is 0 Å². The Morgan fingerprint density at radius 2 is 0.889 bits per heavy atom. The molecule has 148 valence electrons. The number of hydrogen-bond donors (Lipinski definition) is 0. The van der Waals surface area contributed by atoms with Gasteiger partial charge in [-0.05, 0) is 46.4 Å². The van der Waals surface area contributed by atoms with Crippen LogP contribution in [0.5, 0.6) is 11.5 Å². The van der Waals surface area contributed by atoms with Crippen LogP contribution >= 0.6 is 0 Å². The Morgan fingerprint density at radius 1 is 0.593 bits per heavy atom. The highest BCUT2D eigenvalue weighted by Crippen LogP contribution is 2.54. The minimum atomic E-state index is -1.82. The largest absolute Gasteiger partial charge is 0.497 e. The fraction of sp³-hybridized carbons (Fsp3) is 0.500. The van der Waals surface area contributed by atoms with Crippen molar-refractivity contribution >= 4 is 8.07 Å². The molecule has 2 rings (SSSR count). The van der Waals surface area contributed by atoms with Gasteiger partial charge in [-0.25, -0.2) is 0 Å². The van der Waals surface area contributed by atoms with E-state index in [0.717, 1.165) is 23.6 Å². The smallest absolute Gasteiger partial charge is 0.118 e. The SMILES string of the molecule is COc1ccc(C[Si](Cc2ccc(OC)cc2)(C(C)(C)C)C(C)(C)C)cc1. The molecule has 0 saturated carbocycles. The highest BCUT2D eigenvalue weighted by Gasteiger charge is 2.52. The average molecular weight is 385 g/mol. The van der Waals surface area contributed by atoms with Crippen LogP contribution in [0.3, 0.4) is 0 Å². The van der Waals surface area contributed by atoms with E-state index in [0.29, 0.717) is 0 Å². The highest BCUT2D eigenvalue weighted by molar-refractivity contribution is 6.84. The first-order valence-corrected chi connectivity index (χ1v) is 12.2. The Bertz CT molecular complexity index is 653. The monoisotopic (exact) mass is 384 g/mol. The predicted octanol–water partition coefficient (Wildman–Crippen LogP) is 6.62. The zero-order chi connectivity index (χ0) is 20.3. The molecule has 0 spiro atoms. The van der Waals surface area contributed by atoms with Gasteiger partial charge in [0.1, 0.15) is 11.5 Å². The second-order valence-corrected chi connectivity index (χ2v) is 15.5. The van der Waals surface area contributed by atoms with Gasteiger partial charge in [-0.2, -0.15) is 0 Å². The van der Waals surface area contributed by atoms with Crippen LogP contribution in [0, 0.1) is 0 Å². The summed E-state index contributed by atoms with van der Waals surface area (Å²) in [6.45, 7) is 14.7. The van der Waals surface area contributed by atoms with Gasteiger partial charge in [0.2, 0.25) is 0 Å². The van der Waals surface area contributed by atoms with Crippen LogP contribution in [0.15, 0.2) is 48.5 Å². The summed E-state index contributed by atoms with van der Waals surface area (Å²) in [5.74, 6) is 1.85. The quantitative estimate of drug-likeness (QED) is 0.521. The van der Waals surface area contributed by atoms with Gasteiger partial charge in [0.05, 0.1) is 22.3 Å². The lowest BCUT2D eigenvalue weighted by Gasteiger charge is -2.53. The molecular weight excluding hydrogens is 348 g/mol. The maximum Gasteiger partial charge on any atom is 0.118 e. The van der Waals surface area contributed by atoms with Crippen LogP contribution in [0.2, 0.25) is 10.1 Å². The van der Waals surface area contributed by atoms with Gasteiger partial charge in [-0.15, -0.1) is 0 Å². The molecule has 2 aromatic carbocycles. The minimum absolute atomic E-state index is 0.269. The van der Waals surface area contributed by atoms with Gasteiger partial charge >= 0.3 is 0 Å².